The Labute approximate surface area is 124 Å². The second-order valence-electron chi connectivity index (χ2n) is 5.36. The van der Waals surface area contributed by atoms with Crippen LogP contribution in [0.5, 0.6) is 0 Å². The van der Waals surface area contributed by atoms with Crippen molar-refractivity contribution in [3.63, 3.8) is 0 Å². The van der Waals surface area contributed by atoms with Gasteiger partial charge in [-0.05, 0) is 44.0 Å². The second kappa shape index (κ2) is 6.13. The number of carbonyl (C=O) groups is 1. The molecule has 1 aromatic rings. The van der Waals surface area contributed by atoms with E-state index < -0.39 is 10.0 Å². The lowest BCUT2D eigenvalue weighted by molar-refractivity contribution is 0.0907. The Morgan fingerprint density at radius 3 is 2.71 bits per heavy atom. The van der Waals surface area contributed by atoms with Crippen LogP contribution in [0.25, 0.3) is 0 Å². The predicted octanol–water partition coefficient (Wildman–Crippen LogP) is 0.797. The van der Waals surface area contributed by atoms with Gasteiger partial charge in [0.05, 0.1) is 11.0 Å². The molecular weight excluding hydrogens is 292 g/mol. The molecular formula is C14H20N2O4S. The lowest BCUT2D eigenvalue weighted by atomic mass is 10.0. The molecule has 3 N–H and O–H groups in total. The molecule has 6 nitrogen and oxygen atoms in total. The fourth-order valence-electron chi connectivity index (χ4n) is 2.43. The van der Waals surface area contributed by atoms with Crippen LogP contribution >= 0.6 is 0 Å². The summed E-state index contributed by atoms with van der Waals surface area (Å²) in [5.41, 5.74) is 1.03. The molecule has 2 rings (SSSR count). The monoisotopic (exact) mass is 312 g/mol. The summed E-state index contributed by atoms with van der Waals surface area (Å²) in [5, 5.41) is 7.94. The van der Waals surface area contributed by atoms with Gasteiger partial charge in [-0.1, -0.05) is 0 Å². The summed E-state index contributed by atoms with van der Waals surface area (Å²) in [5.74, 6) is 0.102. The summed E-state index contributed by atoms with van der Waals surface area (Å²) in [4.78, 5) is 12.2. The van der Waals surface area contributed by atoms with Gasteiger partial charge in [0.25, 0.3) is 5.91 Å². The zero-order chi connectivity index (χ0) is 15.6. The number of amides is 1. The molecule has 0 aromatic heterocycles. The van der Waals surface area contributed by atoms with Gasteiger partial charge in [-0.2, -0.15) is 0 Å². The third-order valence-corrected chi connectivity index (χ3v) is 4.74. The molecule has 1 aliphatic rings. The fraction of sp³-hybridized carbons (Fsp3) is 0.500. The van der Waals surface area contributed by atoms with Crippen molar-refractivity contribution in [2.45, 2.75) is 31.3 Å². The van der Waals surface area contributed by atoms with Gasteiger partial charge in [-0.25, -0.2) is 13.6 Å². The summed E-state index contributed by atoms with van der Waals surface area (Å²) < 4.78 is 28.0. The van der Waals surface area contributed by atoms with Crippen molar-refractivity contribution in [1.82, 2.24) is 5.32 Å². The normalized spacial score (nSPS) is 22.2. The number of carbonyl (C=O) groups excluding carboxylic acids is 1. The lowest BCUT2D eigenvalue weighted by Crippen LogP contribution is -2.32. The van der Waals surface area contributed by atoms with Gasteiger partial charge in [0.2, 0.25) is 10.0 Å². The number of rotatable bonds is 4. The maximum Gasteiger partial charge on any atom is 0.251 e. The maximum atomic E-state index is 12.2. The number of ether oxygens (including phenoxy) is 1. The van der Waals surface area contributed by atoms with Crippen molar-refractivity contribution < 1.29 is 17.9 Å². The van der Waals surface area contributed by atoms with Crippen molar-refractivity contribution in [2.24, 2.45) is 11.1 Å². The molecule has 1 fully saturated rings. The van der Waals surface area contributed by atoms with Gasteiger partial charge in [-0.15, -0.1) is 0 Å². The molecule has 1 saturated heterocycles. The van der Waals surface area contributed by atoms with Gasteiger partial charge in [-0.3, -0.25) is 4.79 Å². The molecule has 1 amide bonds. The quantitative estimate of drug-likeness (QED) is 0.859. The largest absolute Gasteiger partial charge is 0.378 e. The standard InChI is InChI=1S/C14H20N2O4S/c1-9-7-12(21(15,18)19)3-4-13(9)14(17)16-8-11-5-6-20-10(11)2/h3-4,7,10-11H,5-6,8H2,1-2H3,(H,16,17)(H2,15,18,19). The third kappa shape index (κ3) is 3.81. The number of nitrogens with one attached hydrogen (secondary N) is 1. The summed E-state index contributed by atoms with van der Waals surface area (Å²) in [6, 6.07) is 4.24. The molecule has 0 radical (unpaired) electrons. The van der Waals surface area contributed by atoms with Gasteiger partial charge < -0.3 is 10.1 Å². The van der Waals surface area contributed by atoms with Crippen molar-refractivity contribution in [3.05, 3.63) is 29.3 Å². The molecule has 2 unspecified atom stereocenters. The van der Waals surface area contributed by atoms with E-state index >= 15 is 0 Å². The SMILES string of the molecule is Cc1cc(S(N)(=O)=O)ccc1C(=O)NCC1CCOC1C. The first-order valence-electron chi connectivity index (χ1n) is 6.82. The maximum absolute atomic E-state index is 12.2. The number of primary sulfonamides is 1. The van der Waals surface area contributed by atoms with E-state index in [-0.39, 0.29) is 16.9 Å². The van der Waals surface area contributed by atoms with Crippen molar-refractivity contribution in [3.8, 4) is 0 Å². The highest BCUT2D eigenvalue weighted by Gasteiger charge is 2.24. The molecule has 1 aliphatic heterocycles. The topological polar surface area (TPSA) is 98.5 Å². The van der Waals surface area contributed by atoms with Crippen LogP contribution in [0.2, 0.25) is 0 Å². The minimum absolute atomic E-state index is 0.00867. The van der Waals surface area contributed by atoms with E-state index in [1.165, 1.54) is 18.2 Å². The average molecular weight is 312 g/mol. The number of sulfonamides is 1. The molecule has 0 spiro atoms. The summed E-state index contributed by atoms with van der Waals surface area (Å²) in [6.07, 6.45) is 1.08. The second-order valence-corrected chi connectivity index (χ2v) is 6.92. The zero-order valence-electron chi connectivity index (χ0n) is 12.1. The van der Waals surface area contributed by atoms with Crippen LogP contribution in [0.3, 0.4) is 0 Å². The van der Waals surface area contributed by atoms with Crippen LogP contribution in [-0.2, 0) is 14.8 Å². The molecule has 7 heteroatoms. The number of nitrogens with two attached hydrogens (primary N) is 1. The highest BCUT2D eigenvalue weighted by Crippen LogP contribution is 2.20. The van der Waals surface area contributed by atoms with Crippen molar-refractivity contribution in [1.29, 1.82) is 0 Å². The predicted molar refractivity (Wildman–Crippen MR) is 78.4 cm³/mol. The third-order valence-electron chi connectivity index (χ3n) is 3.83. The Hall–Kier alpha value is -1.44. The average Bonchev–Trinajstić information content (AvgIpc) is 2.80. The number of hydrogen-bond donors (Lipinski definition) is 2. The van der Waals surface area contributed by atoms with Crippen LogP contribution in [-0.4, -0.2) is 33.6 Å². The minimum Gasteiger partial charge on any atom is -0.378 e. The Bertz CT molecular complexity index is 642. The van der Waals surface area contributed by atoms with E-state index in [2.05, 4.69) is 5.32 Å². The summed E-state index contributed by atoms with van der Waals surface area (Å²) in [7, 11) is -3.75. The van der Waals surface area contributed by atoms with Crippen molar-refractivity contribution >= 4 is 15.9 Å². The Kier molecular flexibility index (Phi) is 4.65. The van der Waals surface area contributed by atoms with Crippen LogP contribution in [0.4, 0.5) is 0 Å². The number of aryl methyl sites for hydroxylation is 1. The van der Waals surface area contributed by atoms with Crippen LogP contribution in [0.15, 0.2) is 23.1 Å². The Balaban J connectivity index is 2.06. The summed E-state index contributed by atoms with van der Waals surface area (Å²) in [6.45, 7) is 4.96. The Morgan fingerprint density at radius 1 is 1.48 bits per heavy atom. The van der Waals surface area contributed by atoms with Crippen LogP contribution in [0, 0.1) is 12.8 Å². The van der Waals surface area contributed by atoms with Gasteiger partial charge in [0.1, 0.15) is 0 Å². The van der Waals surface area contributed by atoms with Crippen molar-refractivity contribution in [2.75, 3.05) is 13.2 Å². The van der Waals surface area contributed by atoms with Gasteiger partial charge in [0.15, 0.2) is 0 Å². The highest BCUT2D eigenvalue weighted by atomic mass is 32.2. The van der Waals surface area contributed by atoms with E-state index in [1.54, 1.807) is 6.92 Å². The van der Waals surface area contributed by atoms with E-state index in [9.17, 15) is 13.2 Å². The van der Waals surface area contributed by atoms with Crippen LogP contribution in [0.1, 0.15) is 29.3 Å². The molecule has 1 heterocycles. The first-order valence-corrected chi connectivity index (χ1v) is 8.37. The number of benzene rings is 1. The Morgan fingerprint density at radius 2 is 2.19 bits per heavy atom. The fourth-order valence-corrected chi connectivity index (χ4v) is 3.03. The van der Waals surface area contributed by atoms with Gasteiger partial charge in [0, 0.05) is 24.6 Å². The zero-order valence-corrected chi connectivity index (χ0v) is 12.9. The van der Waals surface area contributed by atoms with E-state index in [0.717, 1.165) is 13.0 Å². The highest BCUT2D eigenvalue weighted by molar-refractivity contribution is 7.89. The molecule has 2 atom stereocenters. The first-order chi connectivity index (χ1) is 9.79. The minimum atomic E-state index is -3.75. The summed E-state index contributed by atoms with van der Waals surface area (Å²) >= 11 is 0. The van der Waals surface area contributed by atoms with Gasteiger partial charge >= 0.3 is 0 Å². The van der Waals surface area contributed by atoms with E-state index in [0.29, 0.717) is 23.6 Å². The molecule has 1 aromatic carbocycles. The first kappa shape index (κ1) is 15.9. The molecule has 0 aliphatic carbocycles. The van der Waals surface area contributed by atoms with E-state index in [4.69, 9.17) is 9.88 Å². The van der Waals surface area contributed by atoms with E-state index in [1.807, 2.05) is 6.92 Å². The molecule has 0 saturated carbocycles. The number of hydrogen-bond acceptors (Lipinski definition) is 4. The molecule has 21 heavy (non-hydrogen) atoms. The smallest absolute Gasteiger partial charge is 0.251 e. The lowest BCUT2D eigenvalue weighted by Gasteiger charge is -2.15. The van der Waals surface area contributed by atoms with Crippen LogP contribution < -0.4 is 10.5 Å². The molecule has 0 bridgehead atoms. The molecule has 116 valence electrons.